The minimum atomic E-state index is -1.44. The molecule has 0 aliphatic heterocycles. The lowest BCUT2D eigenvalue weighted by molar-refractivity contribution is -0.142. The molecule has 0 unspecified atom stereocenters. The van der Waals surface area contributed by atoms with E-state index in [9.17, 15) is 28.8 Å². The Hall–Kier alpha value is -3.24. The van der Waals surface area contributed by atoms with Gasteiger partial charge in [0.05, 0.1) is 16.9 Å². The van der Waals surface area contributed by atoms with Crippen molar-refractivity contribution >= 4 is 28.8 Å². The van der Waals surface area contributed by atoms with Gasteiger partial charge in [-0.25, -0.2) is 9.59 Å². The number of aliphatic hydroxyl groups excluding tert-OH is 1. The molecule has 0 fully saturated rings. The van der Waals surface area contributed by atoms with E-state index in [4.69, 9.17) is 4.74 Å². The van der Waals surface area contributed by atoms with Crippen LogP contribution in [0.2, 0.25) is 0 Å². The number of amides is 2. The second kappa shape index (κ2) is 12.6. The topological polar surface area (TPSA) is 142 Å². The van der Waals surface area contributed by atoms with Crippen LogP contribution >= 0.6 is 0 Å². The van der Waals surface area contributed by atoms with Gasteiger partial charge in [0.15, 0.2) is 0 Å². The molecule has 0 spiro atoms. The van der Waals surface area contributed by atoms with Crippen molar-refractivity contribution in [2.45, 2.75) is 43.0 Å². The number of alkyl carbamates (subject to hydrolysis) is 1. The summed E-state index contributed by atoms with van der Waals surface area (Å²) in [7, 11) is -1.44. The van der Waals surface area contributed by atoms with Gasteiger partial charge in [-0.05, 0) is 31.0 Å². The summed E-state index contributed by atoms with van der Waals surface area (Å²) in [5.74, 6) is -2.21. The summed E-state index contributed by atoms with van der Waals surface area (Å²) in [6, 6.07) is 14.6. The summed E-state index contributed by atoms with van der Waals surface area (Å²) in [5.41, 5.74) is 0.734. The minimum Gasteiger partial charge on any atom is -0.480 e. The number of rotatable bonds is 11. The van der Waals surface area contributed by atoms with Crippen LogP contribution in [-0.4, -0.2) is 56.3 Å². The third-order valence-corrected chi connectivity index (χ3v) is 5.87. The standard InChI is InChI=1S/C22H26N2O7S/c1-15(25)19(24-22(29)31-14-16-8-4-2-5-9-16)20(26)23-18(21(27)28)12-13-32(30)17-10-6-3-7-11-17/h2-11,15,18-19,25H,12-14H2,1H3,(H,23,26)(H,24,29)(H,27,28)/t15-,18+,19+,32+/m1/s1. The van der Waals surface area contributed by atoms with Gasteiger partial charge in [-0.1, -0.05) is 48.5 Å². The lowest BCUT2D eigenvalue weighted by Crippen LogP contribution is -2.56. The Morgan fingerprint density at radius 3 is 2.16 bits per heavy atom. The normalized spacial score (nSPS) is 14.4. The fraction of sp³-hybridized carbons (Fsp3) is 0.318. The molecule has 2 aromatic carbocycles. The van der Waals surface area contributed by atoms with E-state index in [0.717, 1.165) is 5.56 Å². The second-order valence-corrected chi connectivity index (χ2v) is 8.55. The van der Waals surface area contributed by atoms with Crippen molar-refractivity contribution in [2.75, 3.05) is 5.75 Å². The number of hydrogen-bond donors (Lipinski definition) is 4. The number of carbonyl (C=O) groups excluding carboxylic acids is 2. The van der Waals surface area contributed by atoms with E-state index in [1.165, 1.54) is 6.92 Å². The zero-order chi connectivity index (χ0) is 23.5. The molecule has 0 bridgehead atoms. The zero-order valence-electron chi connectivity index (χ0n) is 17.5. The second-order valence-electron chi connectivity index (χ2n) is 6.98. The van der Waals surface area contributed by atoms with Crippen LogP contribution in [0.15, 0.2) is 65.6 Å². The highest BCUT2D eigenvalue weighted by atomic mass is 32.2. The van der Waals surface area contributed by atoms with E-state index in [2.05, 4.69) is 10.6 Å². The molecule has 4 N–H and O–H groups in total. The molecular weight excluding hydrogens is 436 g/mol. The molecule has 0 heterocycles. The van der Waals surface area contributed by atoms with Crippen LogP contribution < -0.4 is 10.6 Å². The molecule has 10 heteroatoms. The Bertz CT molecular complexity index is 922. The highest BCUT2D eigenvalue weighted by Crippen LogP contribution is 2.09. The van der Waals surface area contributed by atoms with Gasteiger partial charge < -0.3 is 25.6 Å². The largest absolute Gasteiger partial charge is 0.480 e. The van der Waals surface area contributed by atoms with Gasteiger partial charge in [-0.15, -0.1) is 0 Å². The monoisotopic (exact) mass is 462 g/mol. The SMILES string of the molecule is C[C@@H](O)[C@H](NC(=O)OCc1ccccc1)C(=O)N[C@@H](CC[S@](=O)c1ccccc1)C(=O)O. The average Bonchev–Trinajstić information content (AvgIpc) is 2.79. The Morgan fingerprint density at radius 2 is 1.59 bits per heavy atom. The quantitative estimate of drug-likeness (QED) is 0.396. The number of carboxylic acids is 1. The van der Waals surface area contributed by atoms with Crippen LogP contribution in [0.4, 0.5) is 4.79 Å². The fourth-order valence-electron chi connectivity index (χ4n) is 2.73. The van der Waals surface area contributed by atoms with Gasteiger partial charge in [0.25, 0.3) is 0 Å². The minimum absolute atomic E-state index is 0.00709. The highest BCUT2D eigenvalue weighted by molar-refractivity contribution is 7.85. The predicted octanol–water partition coefficient (Wildman–Crippen LogP) is 1.43. The van der Waals surface area contributed by atoms with Crippen molar-refractivity contribution in [3.8, 4) is 0 Å². The zero-order valence-corrected chi connectivity index (χ0v) is 18.3. The van der Waals surface area contributed by atoms with Gasteiger partial charge in [0.1, 0.15) is 18.7 Å². The summed E-state index contributed by atoms with van der Waals surface area (Å²) in [6.45, 7) is 1.24. The first kappa shape index (κ1) is 25.0. The maximum Gasteiger partial charge on any atom is 0.408 e. The first-order valence-corrected chi connectivity index (χ1v) is 11.2. The van der Waals surface area contributed by atoms with Gasteiger partial charge in [-0.2, -0.15) is 0 Å². The molecule has 0 aliphatic carbocycles. The first-order valence-electron chi connectivity index (χ1n) is 9.89. The van der Waals surface area contributed by atoms with Crippen molar-refractivity contribution in [2.24, 2.45) is 0 Å². The van der Waals surface area contributed by atoms with E-state index in [1.54, 1.807) is 54.6 Å². The molecule has 0 saturated heterocycles. The Balaban J connectivity index is 1.92. The number of carboxylic acid groups (broad SMARTS) is 1. The highest BCUT2D eigenvalue weighted by Gasteiger charge is 2.30. The van der Waals surface area contributed by atoms with Crippen LogP contribution in [0.5, 0.6) is 0 Å². The van der Waals surface area contributed by atoms with Crippen molar-refractivity contribution in [3.63, 3.8) is 0 Å². The number of ether oxygens (including phenoxy) is 1. The number of aliphatic hydroxyl groups is 1. The third-order valence-electron chi connectivity index (χ3n) is 4.46. The number of benzene rings is 2. The van der Waals surface area contributed by atoms with Crippen LogP contribution in [0, 0.1) is 0 Å². The van der Waals surface area contributed by atoms with Gasteiger partial charge >= 0.3 is 12.1 Å². The summed E-state index contributed by atoms with van der Waals surface area (Å²) in [5, 5.41) is 23.9. The van der Waals surface area contributed by atoms with Crippen LogP contribution in [0.1, 0.15) is 18.9 Å². The number of hydrogen-bond acceptors (Lipinski definition) is 6. The molecule has 0 aliphatic rings. The Kier molecular flexibility index (Phi) is 9.83. The Morgan fingerprint density at radius 1 is 1.00 bits per heavy atom. The van der Waals surface area contributed by atoms with Crippen molar-refractivity contribution in [1.82, 2.24) is 10.6 Å². The maximum atomic E-state index is 12.5. The van der Waals surface area contributed by atoms with E-state index in [1.807, 2.05) is 6.07 Å². The van der Waals surface area contributed by atoms with E-state index < -0.39 is 47.0 Å². The van der Waals surface area contributed by atoms with Crippen molar-refractivity contribution < 1.29 is 33.5 Å². The molecular formula is C22H26N2O7S. The molecule has 0 aromatic heterocycles. The van der Waals surface area contributed by atoms with Crippen LogP contribution in [0.25, 0.3) is 0 Å². The van der Waals surface area contributed by atoms with Crippen LogP contribution in [0.3, 0.4) is 0 Å². The van der Waals surface area contributed by atoms with E-state index in [0.29, 0.717) is 4.90 Å². The summed E-state index contributed by atoms with van der Waals surface area (Å²) < 4.78 is 17.4. The van der Waals surface area contributed by atoms with Crippen molar-refractivity contribution in [3.05, 3.63) is 66.2 Å². The molecule has 4 atom stereocenters. The van der Waals surface area contributed by atoms with Gasteiger partial charge in [0, 0.05) is 10.6 Å². The first-order chi connectivity index (χ1) is 15.3. The number of aliphatic carboxylic acids is 1. The lowest BCUT2D eigenvalue weighted by atomic mass is 10.1. The van der Waals surface area contributed by atoms with Gasteiger partial charge in [0.2, 0.25) is 5.91 Å². The smallest absolute Gasteiger partial charge is 0.408 e. The molecule has 0 radical (unpaired) electrons. The molecule has 2 amide bonds. The van der Waals surface area contributed by atoms with Crippen LogP contribution in [-0.2, 0) is 31.7 Å². The summed E-state index contributed by atoms with van der Waals surface area (Å²) >= 11 is 0. The fourth-order valence-corrected chi connectivity index (χ4v) is 3.88. The maximum absolute atomic E-state index is 12.5. The number of carbonyl (C=O) groups is 3. The molecule has 9 nitrogen and oxygen atoms in total. The molecule has 32 heavy (non-hydrogen) atoms. The Labute approximate surface area is 188 Å². The average molecular weight is 463 g/mol. The lowest BCUT2D eigenvalue weighted by Gasteiger charge is -2.23. The molecule has 0 saturated carbocycles. The van der Waals surface area contributed by atoms with E-state index >= 15 is 0 Å². The number of nitrogens with one attached hydrogen (secondary N) is 2. The summed E-state index contributed by atoms with van der Waals surface area (Å²) in [6.07, 6.45) is -2.35. The van der Waals surface area contributed by atoms with Crippen molar-refractivity contribution in [1.29, 1.82) is 0 Å². The molecule has 2 aromatic rings. The van der Waals surface area contributed by atoms with E-state index in [-0.39, 0.29) is 18.8 Å². The summed E-state index contributed by atoms with van der Waals surface area (Å²) in [4.78, 5) is 36.7. The molecule has 172 valence electrons. The third kappa shape index (κ3) is 8.12. The predicted molar refractivity (Wildman–Crippen MR) is 117 cm³/mol. The van der Waals surface area contributed by atoms with Gasteiger partial charge in [-0.3, -0.25) is 9.00 Å². The molecule has 2 rings (SSSR count).